The lowest BCUT2D eigenvalue weighted by atomic mass is 10.2. The average Bonchev–Trinajstić information content (AvgIpc) is 2.32. The van der Waals surface area contributed by atoms with Crippen molar-refractivity contribution in [2.24, 2.45) is 0 Å². The van der Waals surface area contributed by atoms with Gasteiger partial charge in [-0.3, -0.25) is 4.79 Å². The Morgan fingerprint density at radius 1 is 1.58 bits per heavy atom. The highest BCUT2D eigenvalue weighted by molar-refractivity contribution is 9.10. The highest BCUT2D eigenvalue weighted by Gasteiger charge is 2.08. The summed E-state index contributed by atoms with van der Waals surface area (Å²) in [6.45, 7) is 2.36. The summed E-state index contributed by atoms with van der Waals surface area (Å²) in [7, 11) is 1.59. The number of amides is 1. The van der Waals surface area contributed by atoms with Gasteiger partial charge in [-0.2, -0.15) is 0 Å². The zero-order valence-electron chi connectivity index (χ0n) is 10.9. The minimum Gasteiger partial charge on any atom is -0.383 e. The number of nitrogens with one attached hydrogen (secondary N) is 1. The van der Waals surface area contributed by atoms with Crippen LogP contribution in [-0.4, -0.2) is 31.4 Å². The number of carbonyl (C=O) groups excluding carboxylic acids is 1. The summed E-state index contributed by atoms with van der Waals surface area (Å²) >= 11 is 4.59. The van der Waals surface area contributed by atoms with Crippen LogP contribution >= 0.6 is 27.7 Å². The molecule has 1 amide bonds. The first kappa shape index (κ1) is 16.5. The molecule has 0 fully saturated rings. The van der Waals surface area contributed by atoms with Gasteiger partial charge in [-0.1, -0.05) is 22.0 Å². The molecule has 6 heteroatoms. The highest BCUT2D eigenvalue weighted by Crippen LogP contribution is 2.19. The predicted octanol–water partition coefficient (Wildman–Crippen LogP) is 2.97. The molecule has 0 aliphatic carbocycles. The Hall–Kier alpha value is -0.590. The molecule has 0 heterocycles. The fourth-order valence-electron chi connectivity index (χ4n) is 1.50. The number of carbonyl (C=O) groups is 1. The van der Waals surface area contributed by atoms with E-state index in [1.165, 1.54) is 17.8 Å². The minimum atomic E-state index is -0.255. The van der Waals surface area contributed by atoms with Crippen LogP contribution in [0.5, 0.6) is 0 Å². The maximum atomic E-state index is 13.5. The Balaban J connectivity index is 2.31. The summed E-state index contributed by atoms with van der Waals surface area (Å²) in [4.78, 5) is 11.6. The van der Waals surface area contributed by atoms with Crippen LogP contribution in [0.3, 0.4) is 0 Å². The van der Waals surface area contributed by atoms with Gasteiger partial charge in [-0.15, -0.1) is 11.8 Å². The molecule has 106 valence electrons. The van der Waals surface area contributed by atoms with Crippen molar-refractivity contribution in [3.63, 3.8) is 0 Å². The molecule has 0 spiro atoms. The number of methoxy groups -OCH3 is 1. The smallest absolute Gasteiger partial charge is 0.230 e. The van der Waals surface area contributed by atoms with E-state index in [-0.39, 0.29) is 17.8 Å². The summed E-state index contributed by atoms with van der Waals surface area (Å²) in [5.74, 6) is 0.469. The number of hydrogen-bond donors (Lipinski definition) is 1. The monoisotopic (exact) mass is 349 g/mol. The Labute approximate surface area is 125 Å². The topological polar surface area (TPSA) is 38.3 Å². The molecule has 1 aromatic carbocycles. The van der Waals surface area contributed by atoms with E-state index in [2.05, 4.69) is 21.2 Å². The van der Waals surface area contributed by atoms with Crippen molar-refractivity contribution in [1.82, 2.24) is 5.32 Å². The molecule has 1 rings (SSSR count). The fraction of sp³-hybridized carbons (Fsp3) is 0.462. The van der Waals surface area contributed by atoms with Crippen molar-refractivity contribution in [2.45, 2.75) is 18.7 Å². The minimum absolute atomic E-state index is 0.0116. The number of hydrogen-bond acceptors (Lipinski definition) is 3. The van der Waals surface area contributed by atoms with Crippen molar-refractivity contribution in [1.29, 1.82) is 0 Å². The second-order valence-corrected chi connectivity index (χ2v) is 6.05. The van der Waals surface area contributed by atoms with Gasteiger partial charge in [0.25, 0.3) is 0 Å². The number of halogens is 2. The molecule has 0 aliphatic rings. The van der Waals surface area contributed by atoms with Gasteiger partial charge in [-0.25, -0.2) is 4.39 Å². The summed E-state index contributed by atoms with van der Waals surface area (Å²) < 4.78 is 19.2. The third kappa shape index (κ3) is 6.40. The molecule has 19 heavy (non-hydrogen) atoms. The summed E-state index contributed by atoms with van der Waals surface area (Å²) in [5, 5.41) is 2.80. The zero-order valence-corrected chi connectivity index (χ0v) is 13.3. The molecule has 0 aromatic heterocycles. The Morgan fingerprint density at radius 3 is 2.95 bits per heavy atom. The maximum Gasteiger partial charge on any atom is 0.230 e. The van der Waals surface area contributed by atoms with Crippen LogP contribution in [0.2, 0.25) is 0 Å². The van der Waals surface area contributed by atoms with Crippen molar-refractivity contribution in [2.75, 3.05) is 19.5 Å². The molecule has 1 atom stereocenters. The molecule has 1 N–H and O–H groups in total. The Morgan fingerprint density at radius 2 is 2.32 bits per heavy atom. The van der Waals surface area contributed by atoms with Gasteiger partial charge in [0.05, 0.1) is 12.4 Å². The van der Waals surface area contributed by atoms with E-state index in [1.807, 2.05) is 6.92 Å². The quantitative estimate of drug-likeness (QED) is 0.822. The van der Waals surface area contributed by atoms with Gasteiger partial charge in [-0.05, 0) is 24.6 Å². The molecule has 3 nitrogen and oxygen atoms in total. The van der Waals surface area contributed by atoms with E-state index in [1.54, 1.807) is 19.2 Å². The first-order valence-corrected chi connectivity index (χ1v) is 7.77. The lowest BCUT2D eigenvalue weighted by Gasteiger charge is -2.12. The van der Waals surface area contributed by atoms with Crippen LogP contribution in [0, 0.1) is 5.82 Å². The molecule has 1 unspecified atom stereocenters. The van der Waals surface area contributed by atoms with Gasteiger partial charge in [0.1, 0.15) is 5.82 Å². The van der Waals surface area contributed by atoms with Crippen LogP contribution in [0.4, 0.5) is 4.39 Å². The Kier molecular flexibility index (Phi) is 7.41. The summed E-state index contributed by atoms with van der Waals surface area (Å²) in [6, 6.07) is 4.93. The zero-order chi connectivity index (χ0) is 14.3. The molecular weight excluding hydrogens is 333 g/mol. The van der Waals surface area contributed by atoms with Gasteiger partial charge in [0, 0.05) is 23.4 Å². The van der Waals surface area contributed by atoms with Gasteiger partial charge in [0.2, 0.25) is 5.91 Å². The number of thioether (sulfide) groups is 1. The van der Waals surface area contributed by atoms with Crippen molar-refractivity contribution < 1.29 is 13.9 Å². The number of rotatable bonds is 7. The van der Waals surface area contributed by atoms with Crippen LogP contribution < -0.4 is 5.32 Å². The van der Waals surface area contributed by atoms with E-state index in [4.69, 9.17) is 4.74 Å². The van der Waals surface area contributed by atoms with E-state index in [9.17, 15) is 9.18 Å². The lowest BCUT2D eigenvalue weighted by Crippen LogP contribution is -2.36. The molecule has 1 aromatic rings. The van der Waals surface area contributed by atoms with E-state index >= 15 is 0 Å². The van der Waals surface area contributed by atoms with Crippen molar-refractivity contribution >= 4 is 33.6 Å². The fourth-order valence-corrected chi connectivity index (χ4v) is 2.66. The second kappa shape index (κ2) is 8.55. The van der Waals surface area contributed by atoms with E-state index in [0.29, 0.717) is 28.1 Å². The van der Waals surface area contributed by atoms with Gasteiger partial charge in [0.15, 0.2) is 0 Å². The standard InChI is InChI=1S/C13H17BrFNO2S/c1-9(6-18-2)16-13(17)8-19-7-10-3-4-11(14)5-12(10)15/h3-5,9H,6-8H2,1-2H3,(H,16,17). The van der Waals surface area contributed by atoms with Crippen molar-refractivity contribution in [3.8, 4) is 0 Å². The molecule has 0 bridgehead atoms. The predicted molar refractivity (Wildman–Crippen MR) is 79.7 cm³/mol. The van der Waals surface area contributed by atoms with E-state index < -0.39 is 0 Å². The van der Waals surface area contributed by atoms with Crippen LogP contribution in [0.1, 0.15) is 12.5 Å². The molecule has 0 saturated carbocycles. The van der Waals surface area contributed by atoms with Crippen LogP contribution in [0.25, 0.3) is 0 Å². The summed E-state index contributed by atoms with van der Waals surface area (Å²) in [6.07, 6.45) is 0. The summed E-state index contributed by atoms with van der Waals surface area (Å²) in [5.41, 5.74) is 0.603. The highest BCUT2D eigenvalue weighted by atomic mass is 79.9. The third-order valence-corrected chi connectivity index (χ3v) is 3.80. The first-order valence-electron chi connectivity index (χ1n) is 5.83. The maximum absolute atomic E-state index is 13.5. The molecule has 0 aliphatic heterocycles. The number of benzene rings is 1. The number of ether oxygens (including phenoxy) is 1. The van der Waals surface area contributed by atoms with Gasteiger partial charge < -0.3 is 10.1 Å². The normalized spacial score (nSPS) is 12.2. The van der Waals surface area contributed by atoms with Crippen LogP contribution in [0.15, 0.2) is 22.7 Å². The molecular formula is C13H17BrFNO2S. The Bertz CT molecular complexity index is 431. The van der Waals surface area contributed by atoms with Crippen molar-refractivity contribution in [3.05, 3.63) is 34.1 Å². The third-order valence-electron chi connectivity index (χ3n) is 2.33. The van der Waals surface area contributed by atoms with E-state index in [0.717, 1.165) is 0 Å². The van der Waals surface area contributed by atoms with Gasteiger partial charge >= 0.3 is 0 Å². The SMILES string of the molecule is COCC(C)NC(=O)CSCc1ccc(Br)cc1F. The second-order valence-electron chi connectivity index (χ2n) is 4.15. The van der Waals surface area contributed by atoms with Crippen LogP contribution in [-0.2, 0) is 15.3 Å². The molecule has 0 saturated heterocycles. The largest absolute Gasteiger partial charge is 0.383 e. The first-order chi connectivity index (χ1) is 9.02. The average molecular weight is 350 g/mol. The lowest BCUT2D eigenvalue weighted by molar-refractivity contribution is -0.119. The molecule has 0 radical (unpaired) electrons.